The molecule has 0 bridgehead atoms. The summed E-state index contributed by atoms with van der Waals surface area (Å²) in [6, 6.07) is 3.10. The Morgan fingerprint density at radius 2 is 2.00 bits per heavy atom. The fourth-order valence-corrected chi connectivity index (χ4v) is 2.76. The van der Waals surface area contributed by atoms with E-state index in [0.29, 0.717) is 0 Å². The molecule has 0 atom stereocenters. The van der Waals surface area contributed by atoms with Crippen LogP contribution in [0.2, 0.25) is 5.02 Å². The van der Waals surface area contributed by atoms with Gasteiger partial charge in [0, 0.05) is 4.47 Å². The predicted molar refractivity (Wildman–Crippen MR) is 60.1 cm³/mol. The van der Waals surface area contributed by atoms with Crippen molar-refractivity contribution in [2.45, 2.75) is 11.8 Å². The molecule has 78 valence electrons. The van der Waals surface area contributed by atoms with Crippen molar-refractivity contribution in [2.75, 3.05) is 7.05 Å². The second kappa shape index (κ2) is 4.18. The van der Waals surface area contributed by atoms with Crippen LogP contribution >= 0.6 is 27.5 Å². The van der Waals surface area contributed by atoms with Crippen LogP contribution in [0.5, 0.6) is 0 Å². The molecule has 0 aliphatic carbocycles. The predicted octanol–water partition coefficient (Wildman–Crippen LogP) is 2.32. The van der Waals surface area contributed by atoms with E-state index in [9.17, 15) is 8.42 Å². The molecule has 0 radical (unpaired) electrons. The second-order valence-electron chi connectivity index (χ2n) is 2.74. The van der Waals surface area contributed by atoms with Crippen molar-refractivity contribution in [2.24, 2.45) is 0 Å². The third-order valence-electron chi connectivity index (χ3n) is 1.77. The van der Waals surface area contributed by atoms with Crippen LogP contribution in [0.4, 0.5) is 0 Å². The number of hydrogen-bond acceptors (Lipinski definition) is 2. The van der Waals surface area contributed by atoms with E-state index in [2.05, 4.69) is 20.7 Å². The Bertz CT molecular complexity index is 459. The zero-order chi connectivity index (χ0) is 10.9. The summed E-state index contributed by atoms with van der Waals surface area (Å²) in [6.07, 6.45) is 0. The molecular formula is C8H9BrClNO2S. The van der Waals surface area contributed by atoms with Gasteiger partial charge in [-0.3, -0.25) is 0 Å². The van der Waals surface area contributed by atoms with E-state index >= 15 is 0 Å². The molecule has 14 heavy (non-hydrogen) atoms. The maximum Gasteiger partial charge on any atom is 0.241 e. The molecule has 1 aromatic carbocycles. The lowest BCUT2D eigenvalue weighted by molar-refractivity contribution is 0.588. The van der Waals surface area contributed by atoms with Crippen molar-refractivity contribution in [3.05, 3.63) is 27.2 Å². The minimum Gasteiger partial charge on any atom is -0.214 e. The third-order valence-corrected chi connectivity index (χ3v) is 4.50. The Morgan fingerprint density at radius 1 is 1.43 bits per heavy atom. The van der Waals surface area contributed by atoms with Crippen LogP contribution in [0.1, 0.15) is 5.56 Å². The summed E-state index contributed by atoms with van der Waals surface area (Å²) in [5.74, 6) is 0. The van der Waals surface area contributed by atoms with Crippen LogP contribution in [0.3, 0.4) is 0 Å². The maximum absolute atomic E-state index is 11.5. The first-order valence-electron chi connectivity index (χ1n) is 3.77. The lowest BCUT2D eigenvalue weighted by Crippen LogP contribution is -2.19. The molecule has 0 saturated heterocycles. The van der Waals surface area contributed by atoms with Crippen LogP contribution < -0.4 is 4.72 Å². The normalized spacial score (nSPS) is 11.7. The first kappa shape index (κ1) is 12.0. The highest BCUT2D eigenvalue weighted by atomic mass is 79.9. The van der Waals surface area contributed by atoms with Crippen molar-refractivity contribution in [3.8, 4) is 0 Å². The fraction of sp³-hybridized carbons (Fsp3) is 0.250. The maximum atomic E-state index is 11.5. The molecule has 1 N–H and O–H groups in total. The van der Waals surface area contributed by atoms with Gasteiger partial charge in [-0.15, -0.1) is 0 Å². The summed E-state index contributed by atoms with van der Waals surface area (Å²) in [6.45, 7) is 1.80. The van der Waals surface area contributed by atoms with E-state index in [1.54, 1.807) is 13.0 Å². The van der Waals surface area contributed by atoms with Crippen LogP contribution in [-0.2, 0) is 10.0 Å². The number of sulfonamides is 1. The molecule has 1 aromatic rings. The highest BCUT2D eigenvalue weighted by molar-refractivity contribution is 9.10. The van der Waals surface area contributed by atoms with E-state index in [4.69, 9.17) is 11.6 Å². The van der Waals surface area contributed by atoms with Gasteiger partial charge < -0.3 is 0 Å². The standard InChI is InChI=1S/C8H9BrClNO2S/c1-5-3-8(14(12,13)11-2)7(10)4-6(5)9/h3-4,11H,1-2H3. The van der Waals surface area contributed by atoms with E-state index in [0.717, 1.165) is 10.0 Å². The second-order valence-corrected chi connectivity index (χ2v) is 5.86. The smallest absolute Gasteiger partial charge is 0.214 e. The Kier molecular flexibility index (Phi) is 3.58. The van der Waals surface area contributed by atoms with Gasteiger partial charge in [-0.25, -0.2) is 13.1 Å². The molecule has 0 fully saturated rings. The van der Waals surface area contributed by atoms with Crippen LogP contribution in [0.15, 0.2) is 21.5 Å². The molecule has 0 unspecified atom stereocenters. The Balaban J connectivity index is 3.45. The minimum absolute atomic E-state index is 0.0994. The van der Waals surface area contributed by atoms with Gasteiger partial charge in [0.1, 0.15) is 4.90 Å². The van der Waals surface area contributed by atoms with E-state index in [-0.39, 0.29) is 9.92 Å². The SMILES string of the molecule is CNS(=O)(=O)c1cc(C)c(Br)cc1Cl. The topological polar surface area (TPSA) is 46.2 Å². The van der Waals surface area contributed by atoms with Gasteiger partial charge in [0.25, 0.3) is 0 Å². The molecule has 0 saturated carbocycles. The summed E-state index contributed by atoms with van der Waals surface area (Å²) in [4.78, 5) is 0.0994. The van der Waals surface area contributed by atoms with Crippen LogP contribution in [0, 0.1) is 6.92 Å². The molecule has 6 heteroatoms. The molecule has 1 rings (SSSR count). The average molecular weight is 299 g/mol. The van der Waals surface area contributed by atoms with Gasteiger partial charge in [0.2, 0.25) is 10.0 Å². The van der Waals surface area contributed by atoms with Crippen molar-refractivity contribution in [1.29, 1.82) is 0 Å². The Labute approximate surface area is 96.6 Å². The zero-order valence-corrected chi connectivity index (χ0v) is 10.8. The van der Waals surface area contributed by atoms with Gasteiger partial charge >= 0.3 is 0 Å². The van der Waals surface area contributed by atoms with E-state index < -0.39 is 10.0 Å². The fourth-order valence-electron chi connectivity index (χ4n) is 0.947. The average Bonchev–Trinajstić information content (AvgIpc) is 2.11. The Morgan fingerprint density at radius 3 is 2.50 bits per heavy atom. The summed E-state index contributed by atoms with van der Waals surface area (Å²) < 4.78 is 26.0. The third kappa shape index (κ3) is 2.28. The summed E-state index contributed by atoms with van der Waals surface area (Å²) in [5, 5.41) is 0.205. The molecule has 0 aromatic heterocycles. The van der Waals surface area contributed by atoms with Gasteiger partial charge in [-0.1, -0.05) is 27.5 Å². The van der Waals surface area contributed by atoms with Gasteiger partial charge in [-0.2, -0.15) is 0 Å². The summed E-state index contributed by atoms with van der Waals surface area (Å²) >= 11 is 9.08. The van der Waals surface area contributed by atoms with E-state index in [1.165, 1.54) is 13.1 Å². The number of aryl methyl sites for hydroxylation is 1. The van der Waals surface area contributed by atoms with Crippen molar-refractivity contribution in [1.82, 2.24) is 4.72 Å². The highest BCUT2D eigenvalue weighted by Crippen LogP contribution is 2.28. The molecule has 0 amide bonds. The number of benzene rings is 1. The molecule has 3 nitrogen and oxygen atoms in total. The van der Waals surface area contributed by atoms with Gasteiger partial charge in [-0.05, 0) is 31.7 Å². The van der Waals surface area contributed by atoms with Gasteiger partial charge in [0.15, 0.2) is 0 Å². The van der Waals surface area contributed by atoms with Crippen molar-refractivity contribution in [3.63, 3.8) is 0 Å². The summed E-state index contributed by atoms with van der Waals surface area (Å²) in [5.41, 5.74) is 0.822. The molecule has 0 aliphatic heterocycles. The minimum atomic E-state index is -3.47. The number of rotatable bonds is 2. The highest BCUT2D eigenvalue weighted by Gasteiger charge is 2.16. The van der Waals surface area contributed by atoms with Crippen LogP contribution in [-0.4, -0.2) is 15.5 Å². The molecule has 0 aliphatic rings. The number of hydrogen-bond donors (Lipinski definition) is 1. The molecule has 0 heterocycles. The number of nitrogens with one attached hydrogen (secondary N) is 1. The van der Waals surface area contributed by atoms with Crippen LogP contribution in [0.25, 0.3) is 0 Å². The zero-order valence-electron chi connectivity index (χ0n) is 7.64. The molecule has 0 spiro atoms. The lowest BCUT2D eigenvalue weighted by Gasteiger charge is -2.07. The molecular weight excluding hydrogens is 290 g/mol. The monoisotopic (exact) mass is 297 g/mol. The van der Waals surface area contributed by atoms with E-state index in [1.807, 2.05) is 0 Å². The first-order valence-corrected chi connectivity index (χ1v) is 6.43. The van der Waals surface area contributed by atoms with Crippen molar-refractivity contribution >= 4 is 37.6 Å². The number of halogens is 2. The quantitative estimate of drug-likeness (QED) is 0.911. The summed E-state index contributed by atoms with van der Waals surface area (Å²) in [7, 11) is -2.12. The largest absolute Gasteiger partial charge is 0.241 e. The first-order chi connectivity index (χ1) is 6.38. The van der Waals surface area contributed by atoms with Crippen molar-refractivity contribution < 1.29 is 8.42 Å². The van der Waals surface area contributed by atoms with Gasteiger partial charge in [0.05, 0.1) is 5.02 Å². The Hall–Kier alpha value is -0.100. The lowest BCUT2D eigenvalue weighted by atomic mass is 10.2.